The summed E-state index contributed by atoms with van der Waals surface area (Å²) >= 11 is 0. The second-order valence-electron chi connectivity index (χ2n) is 5.96. The van der Waals surface area contributed by atoms with Gasteiger partial charge in [0.1, 0.15) is 12.4 Å². The number of aromatic nitrogens is 1. The number of benzene rings is 1. The van der Waals surface area contributed by atoms with E-state index in [2.05, 4.69) is 49.9 Å². The van der Waals surface area contributed by atoms with Crippen molar-refractivity contribution in [3.05, 3.63) is 58.9 Å². The molecule has 0 saturated heterocycles. The number of hydrogen-bond donors (Lipinski definition) is 0. The minimum Gasteiger partial charge on any atom is -0.487 e. The standard InChI is InChI=1S/C18H22NO/c1-13(2)18-15-10-16(18)12-19(11-15)7-8-20-17-6-4-5-14(3)9-17/h4-6,9,11-13H,7-8,10H2,1-3H3/q+1. The maximum atomic E-state index is 5.81. The van der Waals surface area contributed by atoms with E-state index in [9.17, 15) is 0 Å². The number of nitrogens with zero attached hydrogens (tertiary/aromatic N) is 1. The first-order chi connectivity index (χ1) is 9.63. The average molecular weight is 268 g/mol. The number of aryl methyl sites for hydroxylation is 1. The SMILES string of the molecule is Cc1cccc(OCC[n+]2cc3c(C(C)C)c(c2)C3)c1. The molecule has 0 radical (unpaired) electrons. The maximum absolute atomic E-state index is 5.81. The van der Waals surface area contributed by atoms with Crippen LogP contribution in [0.3, 0.4) is 0 Å². The minimum atomic E-state index is 0.645. The number of ether oxygens (including phenoxy) is 1. The number of fused-ring (bicyclic) bond motifs is 2. The van der Waals surface area contributed by atoms with Crippen LogP contribution in [0, 0.1) is 6.92 Å². The summed E-state index contributed by atoms with van der Waals surface area (Å²) in [6.45, 7) is 8.25. The molecule has 0 unspecified atom stereocenters. The van der Waals surface area contributed by atoms with Crippen molar-refractivity contribution in [3.63, 3.8) is 0 Å². The van der Waals surface area contributed by atoms with Crippen LogP contribution in [0.4, 0.5) is 0 Å². The molecule has 0 fully saturated rings. The fraction of sp³-hybridized carbons (Fsp3) is 0.389. The van der Waals surface area contributed by atoms with E-state index in [-0.39, 0.29) is 0 Å². The van der Waals surface area contributed by atoms with Gasteiger partial charge in [-0.2, -0.15) is 0 Å². The van der Waals surface area contributed by atoms with Crippen LogP contribution in [0.1, 0.15) is 42.0 Å². The monoisotopic (exact) mass is 268 g/mol. The Morgan fingerprint density at radius 3 is 2.60 bits per heavy atom. The molecular formula is C18H22NO+. The largest absolute Gasteiger partial charge is 0.487 e. The third-order valence-electron chi connectivity index (χ3n) is 3.90. The van der Waals surface area contributed by atoms with E-state index in [4.69, 9.17) is 4.74 Å². The first-order valence-corrected chi connectivity index (χ1v) is 7.37. The van der Waals surface area contributed by atoms with Crippen LogP contribution < -0.4 is 9.30 Å². The maximum Gasteiger partial charge on any atom is 0.182 e. The Kier molecular flexibility index (Phi) is 3.47. The quantitative estimate of drug-likeness (QED) is 0.646. The van der Waals surface area contributed by atoms with Gasteiger partial charge in [0.2, 0.25) is 0 Å². The van der Waals surface area contributed by atoms with Crippen molar-refractivity contribution in [2.45, 2.75) is 39.7 Å². The van der Waals surface area contributed by atoms with Gasteiger partial charge >= 0.3 is 0 Å². The topological polar surface area (TPSA) is 13.1 Å². The van der Waals surface area contributed by atoms with Crippen molar-refractivity contribution in [2.75, 3.05) is 6.61 Å². The van der Waals surface area contributed by atoms with Gasteiger partial charge in [0, 0.05) is 17.5 Å². The zero-order chi connectivity index (χ0) is 14.1. The van der Waals surface area contributed by atoms with Crippen LogP contribution in [0.25, 0.3) is 0 Å². The highest BCUT2D eigenvalue weighted by molar-refractivity contribution is 5.45. The van der Waals surface area contributed by atoms with Gasteiger partial charge in [-0.05, 0) is 36.1 Å². The second kappa shape index (κ2) is 5.28. The third-order valence-corrected chi connectivity index (χ3v) is 3.90. The molecule has 0 spiro atoms. The molecule has 1 aliphatic heterocycles. The van der Waals surface area contributed by atoms with E-state index in [1.807, 2.05) is 12.1 Å². The second-order valence-corrected chi connectivity index (χ2v) is 5.96. The Morgan fingerprint density at radius 1 is 1.20 bits per heavy atom. The molecule has 1 aromatic carbocycles. The van der Waals surface area contributed by atoms with E-state index in [1.165, 1.54) is 16.7 Å². The molecule has 0 saturated carbocycles. The predicted octanol–water partition coefficient (Wildman–Crippen LogP) is 3.39. The van der Waals surface area contributed by atoms with Gasteiger partial charge in [0.25, 0.3) is 0 Å². The fourth-order valence-electron chi connectivity index (χ4n) is 3.01. The number of rotatable bonds is 5. The van der Waals surface area contributed by atoms with Gasteiger partial charge < -0.3 is 4.74 Å². The molecule has 0 amide bonds. The average Bonchev–Trinajstić information content (AvgIpc) is 2.38. The van der Waals surface area contributed by atoms with Crippen molar-refractivity contribution < 1.29 is 9.30 Å². The third kappa shape index (κ3) is 2.55. The smallest absolute Gasteiger partial charge is 0.182 e. The molecular weight excluding hydrogens is 246 g/mol. The van der Waals surface area contributed by atoms with Gasteiger partial charge in [-0.25, -0.2) is 4.57 Å². The molecule has 2 aromatic rings. The molecule has 1 aromatic heterocycles. The van der Waals surface area contributed by atoms with Crippen LogP contribution in [0.5, 0.6) is 5.75 Å². The number of pyridine rings is 1. The first-order valence-electron chi connectivity index (χ1n) is 7.37. The summed E-state index contributed by atoms with van der Waals surface area (Å²) in [6.07, 6.45) is 5.71. The molecule has 1 aliphatic carbocycles. The van der Waals surface area contributed by atoms with Crippen LogP contribution in [-0.4, -0.2) is 6.61 Å². The summed E-state index contributed by atoms with van der Waals surface area (Å²) in [5.41, 5.74) is 5.81. The summed E-state index contributed by atoms with van der Waals surface area (Å²) in [6, 6.07) is 8.22. The molecule has 0 N–H and O–H groups in total. The fourth-order valence-corrected chi connectivity index (χ4v) is 3.01. The van der Waals surface area contributed by atoms with Gasteiger partial charge in [0.05, 0.1) is 0 Å². The molecule has 2 aliphatic rings. The van der Waals surface area contributed by atoms with Crippen LogP contribution >= 0.6 is 0 Å². The lowest BCUT2D eigenvalue weighted by atomic mass is 9.81. The summed E-state index contributed by atoms with van der Waals surface area (Å²) in [5, 5.41) is 0. The van der Waals surface area contributed by atoms with E-state index in [1.54, 1.807) is 5.56 Å². The highest BCUT2D eigenvalue weighted by Crippen LogP contribution is 2.33. The lowest BCUT2D eigenvalue weighted by Gasteiger charge is -2.24. The van der Waals surface area contributed by atoms with E-state index >= 15 is 0 Å². The normalized spacial score (nSPS) is 12.4. The Morgan fingerprint density at radius 2 is 1.95 bits per heavy atom. The summed E-state index contributed by atoms with van der Waals surface area (Å²) in [4.78, 5) is 0. The van der Waals surface area contributed by atoms with Crippen molar-refractivity contribution in [1.29, 1.82) is 0 Å². The van der Waals surface area contributed by atoms with Crippen LogP contribution in [0.15, 0.2) is 36.7 Å². The molecule has 104 valence electrons. The van der Waals surface area contributed by atoms with Crippen LogP contribution in [-0.2, 0) is 13.0 Å². The van der Waals surface area contributed by atoms with E-state index < -0.39 is 0 Å². The van der Waals surface area contributed by atoms with Crippen LogP contribution in [0.2, 0.25) is 0 Å². The first kappa shape index (κ1) is 13.2. The highest BCUT2D eigenvalue weighted by Gasteiger charge is 2.27. The predicted molar refractivity (Wildman–Crippen MR) is 80.2 cm³/mol. The molecule has 2 bridgehead atoms. The summed E-state index contributed by atoms with van der Waals surface area (Å²) in [5.74, 6) is 1.61. The zero-order valence-electron chi connectivity index (χ0n) is 12.5. The van der Waals surface area contributed by atoms with Gasteiger partial charge in [-0.1, -0.05) is 26.0 Å². The molecule has 2 nitrogen and oxygen atoms in total. The molecule has 0 atom stereocenters. The Labute approximate surface area is 121 Å². The minimum absolute atomic E-state index is 0.645. The lowest BCUT2D eigenvalue weighted by molar-refractivity contribution is -0.699. The van der Waals surface area contributed by atoms with Crippen molar-refractivity contribution in [1.82, 2.24) is 0 Å². The van der Waals surface area contributed by atoms with Gasteiger partial charge in [0.15, 0.2) is 18.9 Å². The van der Waals surface area contributed by atoms with Crippen molar-refractivity contribution in [2.24, 2.45) is 0 Å². The van der Waals surface area contributed by atoms with Crippen molar-refractivity contribution >= 4 is 0 Å². The lowest BCUT2D eigenvalue weighted by Crippen LogP contribution is -2.40. The summed E-state index contributed by atoms with van der Waals surface area (Å²) < 4.78 is 8.07. The molecule has 2 heteroatoms. The Hall–Kier alpha value is -1.83. The molecule has 4 rings (SSSR count). The number of hydrogen-bond acceptors (Lipinski definition) is 1. The van der Waals surface area contributed by atoms with Gasteiger partial charge in [-0.3, -0.25) is 0 Å². The van der Waals surface area contributed by atoms with E-state index in [0.29, 0.717) is 12.5 Å². The van der Waals surface area contributed by atoms with E-state index in [0.717, 1.165) is 18.7 Å². The molecule has 20 heavy (non-hydrogen) atoms. The Bertz CT molecular complexity index is 608. The van der Waals surface area contributed by atoms with Crippen molar-refractivity contribution in [3.8, 4) is 5.75 Å². The summed E-state index contributed by atoms with van der Waals surface area (Å²) in [7, 11) is 0. The van der Waals surface area contributed by atoms with Gasteiger partial charge in [-0.15, -0.1) is 0 Å². The zero-order valence-corrected chi connectivity index (χ0v) is 12.5. The molecule has 2 heterocycles. The highest BCUT2D eigenvalue weighted by atomic mass is 16.5. The Balaban J connectivity index is 1.59.